The number of amides is 1. The third-order valence-corrected chi connectivity index (χ3v) is 6.37. The Kier molecular flexibility index (Phi) is 6.99. The molecular weight excluding hydrogens is 461 g/mol. The van der Waals surface area contributed by atoms with Gasteiger partial charge in [-0.25, -0.2) is 9.37 Å². The molecule has 1 amide bonds. The molecule has 0 bridgehead atoms. The Balaban J connectivity index is 1.48. The molecule has 10 heteroatoms. The molecule has 0 N–H and O–H groups in total. The predicted octanol–water partition coefficient (Wildman–Crippen LogP) is 2.92. The van der Waals surface area contributed by atoms with Gasteiger partial charge in [0.1, 0.15) is 24.3 Å². The van der Waals surface area contributed by atoms with Crippen LogP contribution < -0.4 is 10.3 Å². The van der Waals surface area contributed by atoms with Crippen molar-refractivity contribution in [2.45, 2.75) is 18.2 Å². The maximum Gasteiger partial charge on any atom is 0.261 e. The lowest BCUT2D eigenvalue weighted by Crippen LogP contribution is -2.47. The van der Waals surface area contributed by atoms with Crippen molar-refractivity contribution < 1.29 is 23.5 Å². The zero-order valence-electron chi connectivity index (χ0n) is 19.0. The van der Waals surface area contributed by atoms with E-state index in [2.05, 4.69) is 4.98 Å². The fraction of sp³-hybridized carbons (Fsp3) is 0.333. The van der Waals surface area contributed by atoms with Crippen molar-refractivity contribution in [3.63, 3.8) is 0 Å². The summed E-state index contributed by atoms with van der Waals surface area (Å²) < 4.78 is 26.4. The fourth-order valence-electron chi connectivity index (χ4n) is 3.84. The van der Waals surface area contributed by atoms with Crippen LogP contribution in [-0.2, 0) is 11.8 Å². The smallest absolute Gasteiger partial charge is 0.261 e. The first-order chi connectivity index (χ1) is 16.3. The molecule has 0 spiro atoms. The van der Waals surface area contributed by atoms with Gasteiger partial charge >= 0.3 is 0 Å². The number of ether oxygens (including phenoxy) is 2. The largest absolute Gasteiger partial charge is 0.490 e. The molecule has 1 atom stereocenters. The van der Waals surface area contributed by atoms with Crippen molar-refractivity contribution in [1.82, 2.24) is 14.5 Å². The van der Waals surface area contributed by atoms with Crippen LogP contribution in [0.2, 0.25) is 0 Å². The minimum absolute atomic E-state index is 0.0993. The first kappa shape index (κ1) is 23.9. The summed E-state index contributed by atoms with van der Waals surface area (Å²) in [5.41, 5.74) is 0.893. The van der Waals surface area contributed by atoms with Crippen LogP contribution in [0.15, 0.2) is 46.3 Å². The quantitative estimate of drug-likeness (QED) is 0.301. The van der Waals surface area contributed by atoms with Gasteiger partial charge in [-0.05, 0) is 49.6 Å². The Bertz CT molecular complexity index is 1330. The molecule has 8 nitrogen and oxygen atoms in total. The van der Waals surface area contributed by atoms with E-state index in [-0.39, 0.29) is 41.7 Å². The SMILES string of the molecule is CSc1nc2cc(C(=O)N3CCOC(COc4ccc(F)cc4C(C)=O)C3)ccc2c(=O)n1C. The molecule has 0 saturated carbocycles. The van der Waals surface area contributed by atoms with E-state index < -0.39 is 11.9 Å². The van der Waals surface area contributed by atoms with E-state index in [4.69, 9.17) is 9.47 Å². The van der Waals surface area contributed by atoms with Crippen LogP contribution >= 0.6 is 11.8 Å². The first-order valence-corrected chi connectivity index (χ1v) is 11.9. The summed E-state index contributed by atoms with van der Waals surface area (Å²) in [6.07, 6.45) is 1.42. The molecule has 2 aromatic carbocycles. The molecule has 3 aromatic rings. The molecule has 34 heavy (non-hydrogen) atoms. The Morgan fingerprint density at radius 3 is 2.79 bits per heavy atom. The number of Topliss-reactive ketones (excluding diaryl/α,β-unsaturated/α-hetero) is 1. The number of hydrogen-bond donors (Lipinski definition) is 0. The van der Waals surface area contributed by atoms with Gasteiger partial charge in [0.25, 0.3) is 11.5 Å². The van der Waals surface area contributed by atoms with Crippen LogP contribution in [0, 0.1) is 5.82 Å². The maximum absolute atomic E-state index is 13.5. The molecule has 178 valence electrons. The van der Waals surface area contributed by atoms with Gasteiger partial charge in [-0.1, -0.05) is 11.8 Å². The number of rotatable bonds is 6. The van der Waals surface area contributed by atoms with Crippen LogP contribution in [0.3, 0.4) is 0 Å². The van der Waals surface area contributed by atoms with Crippen molar-refractivity contribution in [3.8, 4) is 5.75 Å². The predicted molar refractivity (Wildman–Crippen MR) is 126 cm³/mol. The van der Waals surface area contributed by atoms with Crippen LogP contribution in [0.5, 0.6) is 5.75 Å². The molecular formula is C24H24FN3O5S. The number of nitrogens with zero attached hydrogens (tertiary/aromatic N) is 3. The van der Waals surface area contributed by atoms with E-state index in [1.807, 2.05) is 6.26 Å². The van der Waals surface area contributed by atoms with Gasteiger partial charge in [0.15, 0.2) is 10.9 Å². The maximum atomic E-state index is 13.5. The van der Waals surface area contributed by atoms with Crippen LogP contribution in [0.25, 0.3) is 10.9 Å². The van der Waals surface area contributed by atoms with Gasteiger partial charge in [-0.15, -0.1) is 0 Å². The lowest BCUT2D eigenvalue weighted by molar-refractivity contribution is -0.0401. The van der Waals surface area contributed by atoms with Crippen molar-refractivity contribution in [2.75, 3.05) is 32.6 Å². The summed E-state index contributed by atoms with van der Waals surface area (Å²) in [6, 6.07) is 8.66. The summed E-state index contributed by atoms with van der Waals surface area (Å²) >= 11 is 1.36. The number of benzene rings is 2. The number of thioether (sulfide) groups is 1. The van der Waals surface area contributed by atoms with E-state index in [1.165, 1.54) is 35.4 Å². The Morgan fingerprint density at radius 2 is 2.06 bits per heavy atom. The molecule has 1 aromatic heterocycles. The number of fused-ring (bicyclic) bond motifs is 1. The number of halogens is 1. The highest BCUT2D eigenvalue weighted by atomic mass is 32.2. The monoisotopic (exact) mass is 485 g/mol. The molecule has 0 radical (unpaired) electrons. The minimum Gasteiger partial charge on any atom is -0.490 e. The van der Waals surface area contributed by atoms with Crippen molar-refractivity contribution in [3.05, 3.63) is 63.7 Å². The summed E-state index contributed by atoms with van der Waals surface area (Å²) in [4.78, 5) is 43.7. The molecule has 1 fully saturated rings. The Labute approximate surface area is 199 Å². The molecule has 1 saturated heterocycles. The van der Waals surface area contributed by atoms with Crippen LogP contribution in [0.4, 0.5) is 4.39 Å². The highest BCUT2D eigenvalue weighted by molar-refractivity contribution is 7.98. The van der Waals surface area contributed by atoms with Gasteiger partial charge in [-0.2, -0.15) is 0 Å². The topological polar surface area (TPSA) is 90.7 Å². The fourth-order valence-corrected chi connectivity index (χ4v) is 4.39. The third-order valence-electron chi connectivity index (χ3n) is 5.64. The van der Waals surface area contributed by atoms with Gasteiger partial charge in [0.05, 0.1) is 29.6 Å². The summed E-state index contributed by atoms with van der Waals surface area (Å²) in [5, 5.41) is 1.02. The average molecular weight is 486 g/mol. The van der Waals surface area contributed by atoms with Gasteiger partial charge in [0, 0.05) is 19.2 Å². The van der Waals surface area contributed by atoms with E-state index in [0.717, 1.165) is 6.07 Å². The van der Waals surface area contributed by atoms with Gasteiger partial charge < -0.3 is 14.4 Å². The van der Waals surface area contributed by atoms with Crippen molar-refractivity contribution in [2.24, 2.45) is 7.05 Å². The van der Waals surface area contributed by atoms with Crippen molar-refractivity contribution in [1.29, 1.82) is 0 Å². The molecule has 2 heterocycles. The van der Waals surface area contributed by atoms with Gasteiger partial charge in [-0.3, -0.25) is 19.0 Å². The van der Waals surface area contributed by atoms with E-state index in [9.17, 15) is 18.8 Å². The summed E-state index contributed by atoms with van der Waals surface area (Å²) in [5.74, 6) is -0.752. The van der Waals surface area contributed by atoms with Crippen LogP contribution in [0.1, 0.15) is 27.6 Å². The van der Waals surface area contributed by atoms with Crippen LogP contribution in [-0.4, -0.2) is 64.8 Å². The summed E-state index contributed by atoms with van der Waals surface area (Å²) in [6.45, 7) is 2.46. The second kappa shape index (κ2) is 9.94. The molecule has 4 rings (SSSR count). The van der Waals surface area contributed by atoms with Crippen molar-refractivity contribution >= 4 is 34.4 Å². The highest BCUT2D eigenvalue weighted by Gasteiger charge is 2.26. The number of carbonyl (C=O) groups excluding carboxylic acids is 2. The zero-order valence-corrected chi connectivity index (χ0v) is 19.9. The summed E-state index contributed by atoms with van der Waals surface area (Å²) in [7, 11) is 1.67. The number of morpholine rings is 1. The number of ketones is 1. The number of aromatic nitrogens is 2. The Morgan fingerprint density at radius 1 is 1.26 bits per heavy atom. The second-order valence-corrected chi connectivity index (χ2v) is 8.72. The number of hydrogen-bond acceptors (Lipinski definition) is 7. The lowest BCUT2D eigenvalue weighted by atomic mass is 10.1. The molecule has 0 aliphatic carbocycles. The van der Waals surface area contributed by atoms with Gasteiger partial charge in [0.2, 0.25) is 0 Å². The third kappa shape index (κ3) is 4.83. The number of carbonyl (C=O) groups is 2. The zero-order chi connectivity index (χ0) is 24.4. The standard InChI is InChI=1S/C24H24FN3O5S/c1-14(29)19-11-16(25)5-7-21(19)33-13-17-12-28(8-9-32-17)22(30)15-4-6-18-20(10-15)26-24(34-3)27(2)23(18)31/h4-7,10-11,17H,8-9,12-13H2,1-3H3. The normalized spacial score (nSPS) is 16.0. The van der Waals surface area contributed by atoms with E-state index >= 15 is 0 Å². The average Bonchev–Trinajstić information content (AvgIpc) is 2.84. The second-order valence-electron chi connectivity index (χ2n) is 7.95. The molecule has 1 aliphatic heterocycles. The van der Waals surface area contributed by atoms with E-state index in [0.29, 0.717) is 34.8 Å². The Hall–Kier alpha value is -3.24. The first-order valence-electron chi connectivity index (χ1n) is 10.7. The highest BCUT2D eigenvalue weighted by Crippen LogP contribution is 2.22. The minimum atomic E-state index is -0.518. The molecule has 1 unspecified atom stereocenters. The van der Waals surface area contributed by atoms with E-state index in [1.54, 1.807) is 30.1 Å². The lowest BCUT2D eigenvalue weighted by Gasteiger charge is -2.33. The molecule has 1 aliphatic rings.